The molecule has 0 amide bonds. The lowest BCUT2D eigenvalue weighted by molar-refractivity contribution is -0.385. The van der Waals surface area contributed by atoms with Gasteiger partial charge in [-0.25, -0.2) is 4.98 Å². The van der Waals surface area contributed by atoms with Crippen LogP contribution in [0, 0.1) is 16.0 Å². The molecule has 0 spiro atoms. The highest BCUT2D eigenvalue weighted by Gasteiger charge is 2.31. The fourth-order valence-corrected chi connectivity index (χ4v) is 2.77. The Morgan fingerprint density at radius 2 is 2.38 bits per heavy atom. The van der Waals surface area contributed by atoms with Crippen LogP contribution in [0.25, 0.3) is 0 Å². The third kappa shape index (κ3) is 2.88. The standard InChI is InChI=1S/C13H19N5O3/c1-8(2)11-4-3-5-17(11)13-10(12(14)16-19)6-9(7-15-13)18(20)21/h6-8,11,19H,3-5H2,1-2H3,(H2,14,16). The summed E-state index contributed by atoms with van der Waals surface area (Å²) in [6.07, 6.45) is 3.27. The van der Waals surface area contributed by atoms with Gasteiger partial charge in [0.1, 0.15) is 12.0 Å². The number of amidine groups is 1. The monoisotopic (exact) mass is 293 g/mol. The van der Waals surface area contributed by atoms with Crippen molar-refractivity contribution in [2.24, 2.45) is 16.8 Å². The molecule has 0 aliphatic carbocycles. The highest BCUT2D eigenvalue weighted by atomic mass is 16.6. The zero-order chi connectivity index (χ0) is 15.6. The zero-order valence-electron chi connectivity index (χ0n) is 12.1. The summed E-state index contributed by atoms with van der Waals surface area (Å²) < 4.78 is 0. The molecule has 1 atom stereocenters. The molecule has 8 nitrogen and oxygen atoms in total. The number of hydrogen-bond acceptors (Lipinski definition) is 6. The van der Waals surface area contributed by atoms with E-state index in [4.69, 9.17) is 10.9 Å². The number of oxime groups is 1. The molecule has 2 rings (SSSR count). The number of nitrogens with zero attached hydrogens (tertiary/aromatic N) is 4. The predicted molar refractivity (Wildman–Crippen MR) is 78.6 cm³/mol. The lowest BCUT2D eigenvalue weighted by Gasteiger charge is -2.29. The second-order valence-corrected chi connectivity index (χ2v) is 5.45. The molecule has 0 aromatic carbocycles. The summed E-state index contributed by atoms with van der Waals surface area (Å²) in [5.41, 5.74) is 5.78. The maximum atomic E-state index is 10.9. The average molecular weight is 293 g/mol. The van der Waals surface area contributed by atoms with E-state index >= 15 is 0 Å². The van der Waals surface area contributed by atoms with Crippen molar-refractivity contribution >= 4 is 17.3 Å². The molecule has 114 valence electrons. The molecule has 1 aromatic rings. The summed E-state index contributed by atoms with van der Waals surface area (Å²) >= 11 is 0. The van der Waals surface area contributed by atoms with Crippen molar-refractivity contribution in [1.29, 1.82) is 0 Å². The normalized spacial score (nSPS) is 19.3. The van der Waals surface area contributed by atoms with E-state index in [-0.39, 0.29) is 11.5 Å². The Balaban J connectivity index is 2.50. The first-order valence-corrected chi connectivity index (χ1v) is 6.84. The van der Waals surface area contributed by atoms with Crippen molar-refractivity contribution < 1.29 is 10.1 Å². The molecule has 1 aliphatic rings. The number of anilines is 1. The minimum absolute atomic E-state index is 0.171. The fourth-order valence-electron chi connectivity index (χ4n) is 2.77. The van der Waals surface area contributed by atoms with Gasteiger partial charge < -0.3 is 15.8 Å². The third-order valence-electron chi connectivity index (χ3n) is 3.79. The molecule has 1 unspecified atom stereocenters. The van der Waals surface area contributed by atoms with E-state index in [1.807, 2.05) is 0 Å². The number of hydrogen-bond donors (Lipinski definition) is 2. The fraction of sp³-hybridized carbons (Fsp3) is 0.538. The summed E-state index contributed by atoms with van der Waals surface area (Å²) in [6.45, 7) is 5.05. The smallest absolute Gasteiger partial charge is 0.288 e. The molecule has 1 aliphatic heterocycles. The predicted octanol–water partition coefficient (Wildman–Crippen LogP) is 1.71. The van der Waals surface area contributed by atoms with Crippen LogP contribution in [0.2, 0.25) is 0 Å². The van der Waals surface area contributed by atoms with Crippen LogP contribution in [0.3, 0.4) is 0 Å². The Morgan fingerprint density at radius 3 is 2.95 bits per heavy atom. The van der Waals surface area contributed by atoms with Crippen LogP contribution < -0.4 is 10.6 Å². The van der Waals surface area contributed by atoms with Crippen LogP contribution in [0.1, 0.15) is 32.3 Å². The number of pyridine rings is 1. The summed E-state index contributed by atoms with van der Waals surface area (Å²) in [7, 11) is 0. The van der Waals surface area contributed by atoms with Gasteiger partial charge in [0.05, 0.1) is 10.5 Å². The molecule has 0 bridgehead atoms. The molecule has 1 fully saturated rings. The van der Waals surface area contributed by atoms with Crippen molar-refractivity contribution in [2.75, 3.05) is 11.4 Å². The van der Waals surface area contributed by atoms with E-state index in [2.05, 4.69) is 28.9 Å². The molecule has 3 N–H and O–H groups in total. The zero-order valence-corrected chi connectivity index (χ0v) is 12.1. The molecular formula is C13H19N5O3. The van der Waals surface area contributed by atoms with E-state index in [0.717, 1.165) is 19.4 Å². The van der Waals surface area contributed by atoms with Gasteiger partial charge >= 0.3 is 0 Å². The summed E-state index contributed by atoms with van der Waals surface area (Å²) in [5, 5.41) is 22.8. The summed E-state index contributed by atoms with van der Waals surface area (Å²) in [4.78, 5) is 16.6. The average Bonchev–Trinajstić information content (AvgIpc) is 2.95. The molecule has 1 aromatic heterocycles. The van der Waals surface area contributed by atoms with Crippen molar-refractivity contribution in [3.8, 4) is 0 Å². The van der Waals surface area contributed by atoms with E-state index in [9.17, 15) is 10.1 Å². The van der Waals surface area contributed by atoms with Crippen LogP contribution >= 0.6 is 0 Å². The number of aromatic nitrogens is 1. The van der Waals surface area contributed by atoms with Gasteiger partial charge in [0.25, 0.3) is 5.69 Å². The van der Waals surface area contributed by atoms with Gasteiger partial charge in [0, 0.05) is 18.7 Å². The first kappa shape index (κ1) is 15.0. The van der Waals surface area contributed by atoms with Crippen LogP contribution in [-0.4, -0.2) is 33.5 Å². The minimum atomic E-state index is -0.547. The largest absolute Gasteiger partial charge is 0.409 e. The van der Waals surface area contributed by atoms with Crippen molar-refractivity contribution in [1.82, 2.24) is 4.98 Å². The highest BCUT2D eigenvalue weighted by molar-refractivity contribution is 6.02. The first-order chi connectivity index (χ1) is 9.95. The van der Waals surface area contributed by atoms with Crippen LogP contribution in [0.15, 0.2) is 17.4 Å². The quantitative estimate of drug-likeness (QED) is 0.287. The highest BCUT2D eigenvalue weighted by Crippen LogP contribution is 2.31. The Morgan fingerprint density at radius 1 is 1.67 bits per heavy atom. The van der Waals surface area contributed by atoms with Gasteiger partial charge in [-0.2, -0.15) is 0 Å². The number of nitro groups is 1. The first-order valence-electron chi connectivity index (χ1n) is 6.84. The SMILES string of the molecule is CC(C)C1CCCN1c1ncc([N+](=O)[O-])cc1C(N)=NO. The van der Waals surface area contributed by atoms with Crippen molar-refractivity contribution in [3.63, 3.8) is 0 Å². The van der Waals surface area contributed by atoms with Crippen LogP contribution in [-0.2, 0) is 0 Å². The van der Waals surface area contributed by atoms with Crippen LogP contribution in [0.4, 0.5) is 11.5 Å². The molecule has 21 heavy (non-hydrogen) atoms. The van der Waals surface area contributed by atoms with Crippen LogP contribution in [0.5, 0.6) is 0 Å². The molecule has 2 heterocycles. The van der Waals surface area contributed by atoms with Gasteiger partial charge in [-0.1, -0.05) is 19.0 Å². The topological polar surface area (TPSA) is 118 Å². The van der Waals surface area contributed by atoms with E-state index in [1.54, 1.807) is 0 Å². The minimum Gasteiger partial charge on any atom is -0.409 e. The molecule has 8 heteroatoms. The van der Waals surface area contributed by atoms with Gasteiger partial charge in [-0.05, 0) is 18.8 Å². The Kier molecular flexibility index (Phi) is 4.25. The second kappa shape index (κ2) is 5.94. The third-order valence-corrected chi connectivity index (χ3v) is 3.79. The number of rotatable bonds is 4. The maximum absolute atomic E-state index is 10.9. The lowest BCUT2D eigenvalue weighted by atomic mass is 10.0. The molecule has 1 saturated heterocycles. The second-order valence-electron chi connectivity index (χ2n) is 5.45. The van der Waals surface area contributed by atoms with Crippen molar-refractivity contribution in [2.45, 2.75) is 32.7 Å². The summed E-state index contributed by atoms with van der Waals surface area (Å²) in [5.74, 6) is 0.785. The van der Waals surface area contributed by atoms with Gasteiger partial charge in [-0.3, -0.25) is 10.1 Å². The van der Waals surface area contributed by atoms with E-state index < -0.39 is 4.92 Å². The lowest BCUT2D eigenvalue weighted by Crippen LogP contribution is -2.35. The maximum Gasteiger partial charge on any atom is 0.288 e. The van der Waals surface area contributed by atoms with Crippen molar-refractivity contribution in [3.05, 3.63) is 27.9 Å². The van der Waals surface area contributed by atoms with Gasteiger partial charge in [0.2, 0.25) is 0 Å². The molecule has 0 saturated carbocycles. The van der Waals surface area contributed by atoms with Gasteiger partial charge in [0.15, 0.2) is 5.84 Å². The molecule has 0 radical (unpaired) electrons. The molecular weight excluding hydrogens is 274 g/mol. The summed E-state index contributed by atoms with van der Waals surface area (Å²) in [6, 6.07) is 1.59. The Bertz CT molecular complexity index is 573. The van der Waals surface area contributed by atoms with E-state index in [1.165, 1.54) is 12.3 Å². The number of nitrogens with two attached hydrogens (primary N) is 1. The Labute approximate surface area is 122 Å². The van der Waals surface area contributed by atoms with Gasteiger partial charge in [-0.15, -0.1) is 0 Å². The van der Waals surface area contributed by atoms with E-state index in [0.29, 0.717) is 23.3 Å². The Hall–Kier alpha value is -2.38.